The molecule has 1 aromatic heterocycles. The minimum atomic E-state index is -0.273. The third-order valence-electron chi connectivity index (χ3n) is 4.13. The largest absolute Gasteiger partial charge is 0.468 e. The number of primary amides is 1. The van der Waals surface area contributed by atoms with Crippen molar-refractivity contribution in [1.29, 1.82) is 0 Å². The molecule has 0 radical (unpaired) electrons. The first-order chi connectivity index (χ1) is 10.5. The smallest absolute Gasteiger partial charge is 0.317 e. The molecule has 1 aliphatic rings. The fraction of sp³-hybridized carbons (Fsp3) is 0.600. The number of likely N-dealkylation sites (tertiary alicyclic amines) is 1. The van der Waals surface area contributed by atoms with Gasteiger partial charge in [0.2, 0.25) is 5.91 Å². The van der Waals surface area contributed by atoms with Gasteiger partial charge in [0.1, 0.15) is 5.76 Å². The van der Waals surface area contributed by atoms with Gasteiger partial charge in [-0.1, -0.05) is 0 Å². The number of nitrogens with one attached hydrogen (secondary N) is 1. The minimum Gasteiger partial charge on any atom is -0.468 e. The molecule has 1 aliphatic heterocycles. The average molecular weight is 308 g/mol. The van der Waals surface area contributed by atoms with E-state index < -0.39 is 0 Å². The zero-order valence-corrected chi connectivity index (χ0v) is 13.1. The molecule has 0 bridgehead atoms. The van der Waals surface area contributed by atoms with Crippen LogP contribution in [0.15, 0.2) is 22.8 Å². The standard InChI is InChI=1S/C15H24N4O3/c1-18(2)12(13-4-3-9-22-13)10-17-15(21)19-7-5-11(6-8-19)14(16)20/h3-4,9,11-12H,5-8,10H2,1-2H3,(H2,16,20)(H,17,21)/t12-/m0/s1. The number of amides is 3. The third-order valence-corrected chi connectivity index (χ3v) is 4.13. The van der Waals surface area contributed by atoms with Crippen molar-refractivity contribution in [3.05, 3.63) is 24.2 Å². The Balaban J connectivity index is 1.83. The lowest BCUT2D eigenvalue weighted by Crippen LogP contribution is -2.47. The van der Waals surface area contributed by atoms with E-state index in [4.69, 9.17) is 10.2 Å². The maximum atomic E-state index is 12.2. The van der Waals surface area contributed by atoms with Gasteiger partial charge < -0.3 is 20.4 Å². The van der Waals surface area contributed by atoms with Gasteiger partial charge in [-0.3, -0.25) is 9.69 Å². The van der Waals surface area contributed by atoms with Crippen molar-refractivity contribution in [3.63, 3.8) is 0 Å². The number of nitrogens with two attached hydrogens (primary N) is 1. The Morgan fingerprint density at radius 2 is 2.14 bits per heavy atom. The van der Waals surface area contributed by atoms with Crippen LogP contribution in [0.4, 0.5) is 4.79 Å². The van der Waals surface area contributed by atoms with Crippen molar-refractivity contribution in [2.24, 2.45) is 11.7 Å². The van der Waals surface area contributed by atoms with Gasteiger partial charge in [0, 0.05) is 25.6 Å². The molecule has 3 amide bonds. The zero-order valence-electron chi connectivity index (χ0n) is 13.1. The zero-order chi connectivity index (χ0) is 16.1. The lowest BCUT2D eigenvalue weighted by Gasteiger charge is -2.31. The number of hydrogen-bond donors (Lipinski definition) is 2. The van der Waals surface area contributed by atoms with Crippen molar-refractivity contribution in [2.75, 3.05) is 33.7 Å². The molecule has 0 aromatic carbocycles. The maximum absolute atomic E-state index is 12.2. The van der Waals surface area contributed by atoms with E-state index >= 15 is 0 Å². The molecule has 7 heteroatoms. The van der Waals surface area contributed by atoms with Crippen LogP contribution in [0.5, 0.6) is 0 Å². The summed E-state index contributed by atoms with van der Waals surface area (Å²) in [5, 5.41) is 2.94. The number of piperidine rings is 1. The van der Waals surface area contributed by atoms with Crippen LogP contribution in [0.3, 0.4) is 0 Å². The van der Waals surface area contributed by atoms with Crippen molar-refractivity contribution in [3.8, 4) is 0 Å². The van der Waals surface area contributed by atoms with Crippen molar-refractivity contribution in [2.45, 2.75) is 18.9 Å². The highest BCUT2D eigenvalue weighted by Crippen LogP contribution is 2.19. The number of rotatable bonds is 5. The highest BCUT2D eigenvalue weighted by molar-refractivity contribution is 5.78. The molecule has 122 valence electrons. The van der Waals surface area contributed by atoms with Crippen molar-refractivity contribution < 1.29 is 14.0 Å². The summed E-state index contributed by atoms with van der Waals surface area (Å²) in [6, 6.07) is 3.61. The summed E-state index contributed by atoms with van der Waals surface area (Å²) in [6.45, 7) is 1.59. The van der Waals surface area contributed by atoms with Gasteiger partial charge >= 0.3 is 6.03 Å². The minimum absolute atomic E-state index is 0.0119. The highest BCUT2D eigenvalue weighted by atomic mass is 16.3. The Bertz CT molecular complexity index is 493. The van der Waals surface area contributed by atoms with E-state index in [0.717, 1.165) is 5.76 Å². The molecule has 3 N–H and O–H groups in total. The molecular formula is C15H24N4O3. The monoisotopic (exact) mass is 308 g/mol. The molecule has 0 aliphatic carbocycles. The molecule has 1 aromatic rings. The first-order valence-corrected chi connectivity index (χ1v) is 7.51. The lowest BCUT2D eigenvalue weighted by molar-refractivity contribution is -0.123. The normalized spacial score (nSPS) is 17.5. The summed E-state index contributed by atoms with van der Waals surface area (Å²) in [5.74, 6) is 0.435. The summed E-state index contributed by atoms with van der Waals surface area (Å²) in [5.41, 5.74) is 5.30. The van der Waals surface area contributed by atoms with Gasteiger partial charge in [0.25, 0.3) is 0 Å². The second kappa shape index (κ2) is 7.31. The van der Waals surface area contributed by atoms with E-state index in [0.29, 0.717) is 32.5 Å². The molecular weight excluding hydrogens is 284 g/mol. The highest BCUT2D eigenvalue weighted by Gasteiger charge is 2.26. The average Bonchev–Trinajstić information content (AvgIpc) is 3.01. The fourth-order valence-electron chi connectivity index (χ4n) is 2.68. The third kappa shape index (κ3) is 4.00. The maximum Gasteiger partial charge on any atom is 0.317 e. The van der Waals surface area contributed by atoms with Crippen LogP contribution in [-0.4, -0.2) is 55.5 Å². The number of hydrogen-bond acceptors (Lipinski definition) is 4. The summed E-state index contributed by atoms with van der Waals surface area (Å²) in [7, 11) is 3.88. The molecule has 0 spiro atoms. The van der Waals surface area contributed by atoms with Crippen LogP contribution in [0.25, 0.3) is 0 Å². The number of likely N-dealkylation sites (N-methyl/N-ethyl adjacent to an activating group) is 1. The quantitative estimate of drug-likeness (QED) is 0.841. The molecule has 22 heavy (non-hydrogen) atoms. The summed E-state index contributed by atoms with van der Waals surface area (Å²) in [4.78, 5) is 27.1. The number of furan rings is 1. The topological polar surface area (TPSA) is 91.8 Å². The number of urea groups is 1. The van der Waals surface area contributed by atoms with E-state index in [2.05, 4.69) is 5.32 Å². The van der Waals surface area contributed by atoms with E-state index in [1.165, 1.54) is 0 Å². The fourth-order valence-corrected chi connectivity index (χ4v) is 2.68. The van der Waals surface area contributed by atoms with Gasteiger partial charge in [-0.05, 0) is 39.1 Å². The van der Waals surface area contributed by atoms with E-state index in [1.807, 2.05) is 31.1 Å². The molecule has 0 saturated carbocycles. The van der Waals surface area contributed by atoms with Gasteiger partial charge in [0.15, 0.2) is 0 Å². The summed E-state index contributed by atoms with van der Waals surface area (Å²) in [6.07, 6.45) is 2.90. The van der Waals surface area contributed by atoms with Crippen LogP contribution >= 0.6 is 0 Å². The first kappa shape index (κ1) is 16.4. The summed E-state index contributed by atoms with van der Waals surface area (Å²) >= 11 is 0. The van der Waals surface area contributed by atoms with Gasteiger partial charge in [0.05, 0.1) is 12.3 Å². The molecule has 2 heterocycles. The SMILES string of the molecule is CN(C)[C@@H](CNC(=O)N1CCC(C(N)=O)CC1)c1ccco1. The molecule has 1 fully saturated rings. The van der Waals surface area contributed by atoms with E-state index in [-0.39, 0.29) is 23.9 Å². The number of nitrogens with zero attached hydrogens (tertiary/aromatic N) is 2. The second-order valence-corrected chi connectivity index (χ2v) is 5.84. The molecule has 2 rings (SSSR count). The van der Waals surface area contributed by atoms with E-state index in [1.54, 1.807) is 11.2 Å². The van der Waals surface area contributed by atoms with E-state index in [9.17, 15) is 9.59 Å². The van der Waals surface area contributed by atoms with Gasteiger partial charge in [-0.15, -0.1) is 0 Å². The molecule has 1 atom stereocenters. The van der Waals surface area contributed by atoms with Crippen molar-refractivity contribution in [1.82, 2.24) is 15.1 Å². The van der Waals surface area contributed by atoms with Crippen LogP contribution < -0.4 is 11.1 Å². The lowest BCUT2D eigenvalue weighted by atomic mass is 9.96. The van der Waals surface area contributed by atoms with Crippen LogP contribution in [-0.2, 0) is 4.79 Å². The Hall–Kier alpha value is -2.02. The van der Waals surface area contributed by atoms with Crippen LogP contribution in [0, 0.1) is 5.92 Å². The predicted octanol–water partition coefficient (Wildman–Crippen LogP) is 0.789. The second-order valence-electron chi connectivity index (χ2n) is 5.84. The Kier molecular flexibility index (Phi) is 5.43. The first-order valence-electron chi connectivity index (χ1n) is 7.51. The van der Waals surface area contributed by atoms with Crippen molar-refractivity contribution >= 4 is 11.9 Å². The Morgan fingerprint density at radius 1 is 1.45 bits per heavy atom. The molecule has 1 saturated heterocycles. The van der Waals surface area contributed by atoms with Crippen LogP contribution in [0.1, 0.15) is 24.6 Å². The van der Waals surface area contributed by atoms with Crippen LogP contribution in [0.2, 0.25) is 0 Å². The molecule has 7 nitrogen and oxygen atoms in total. The molecule has 0 unspecified atom stereocenters. The Labute approximate surface area is 130 Å². The number of carbonyl (C=O) groups excluding carboxylic acids is 2. The summed E-state index contributed by atoms with van der Waals surface area (Å²) < 4.78 is 5.42. The van der Waals surface area contributed by atoms with Gasteiger partial charge in [-0.2, -0.15) is 0 Å². The Morgan fingerprint density at radius 3 is 2.64 bits per heavy atom. The predicted molar refractivity (Wildman–Crippen MR) is 82.0 cm³/mol. The number of carbonyl (C=O) groups is 2. The van der Waals surface area contributed by atoms with Gasteiger partial charge in [-0.25, -0.2) is 4.79 Å².